The van der Waals surface area contributed by atoms with Crippen molar-refractivity contribution in [2.45, 2.75) is 6.42 Å². The van der Waals surface area contributed by atoms with Crippen LogP contribution in [0.2, 0.25) is 0 Å². The van der Waals surface area contributed by atoms with E-state index in [1.54, 1.807) is 24.3 Å². The zero-order valence-corrected chi connectivity index (χ0v) is 9.70. The monoisotopic (exact) mass is 270 g/mol. The fourth-order valence-electron chi connectivity index (χ4n) is 1.06. The maximum atomic E-state index is 11.5. The lowest BCUT2D eigenvalue weighted by Gasteiger charge is -2.01. The zero-order chi connectivity index (χ0) is 11.1. The van der Waals surface area contributed by atoms with E-state index >= 15 is 0 Å². The highest BCUT2D eigenvalue weighted by Crippen LogP contribution is 2.03. The van der Waals surface area contributed by atoms with E-state index in [1.165, 1.54) is 0 Å². The van der Waals surface area contributed by atoms with Crippen LogP contribution in [-0.4, -0.2) is 23.7 Å². The second-order valence-corrected chi connectivity index (χ2v) is 3.67. The molecule has 0 fully saturated rings. The lowest BCUT2D eigenvalue weighted by molar-refractivity contribution is -0.141. The third-order valence-electron chi connectivity index (χ3n) is 1.74. The van der Waals surface area contributed by atoms with Gasteiger partial charge in [0, 0.05) is 10.9 Å². The first kappa shape index (κ1) is 11.9. The predicted molar refractivity (Wildman–Crippen MR) is 60.1 cm³/mol. The number of halogens is 1. The highest BCUT2D eigenvalue weighted by atomic mass is 79.9. The van der Waals surface area contributed by atoms with Crippen LogP contribution in [0.25, 0.3) is 0 Å². The lowest BCUT2D eigenvalue weighted by Crippen LogP contribution is -2.12. The molecule has 0 unspecified atom stereocenters. The Balaban J connectivity index is 2.46. The maximum absolute atomic E-state index is 11.5. The Hall–Kier alpha value is -1.16. The van der Waals surface area contributed by atoms with Crippen LogP contribution in [0.15, 0.2) is 30.3 Å². The molecule has 0 radical (unpaired) electrons. The molecule has 1 aromatic carbocycles. The first-order valence-electron chi connectivity index (χ1n) is 4.54. The van der Waals surface area contributed by atoms with Crippen molar-refractivity contribution in [1.29, 1.82) is 0 Å². The summed E-state index contributed by atoms with van der Waals surface area (Å²) in [7, 11) is 0. The summed E-state index contributed by atoms with van der Waals surface area (Å²) in [6, 6.07) is 8.70. The van der Waals surface area contributed by atoms with E-state index in [4.69, 9.17) is 4.74 Å². The third kappa shape index (κ3) is 4.25. The topological polar surface area (TPSA) is 43.4 Å². The van der Waals surface area contributed by atoms with Crippen molar-refractivity contribution in [1.82, 2.24) is 0 Å². The van der Waals surface area contributed by atoms with Crippen LogP contribution in [0, 0.1) is 0 Å². The predicted octanol–water partition coefficient (Wildman–Crippen LogP) is 2.20. The maximum Gasteiger partial charge on any atom is 0.313 e. The Morgan fingerprint density at radius 1 is 1.20 bits per heavy atom. The molecule has 0 amide bonds. The summed E-state index contributed by atoms with van der Waals surface area (Å²) >= 11 is 3.13. The Morgan fingerprint density at radius 2 is 1.87 bits per heavy atom. The molecule has 0 atom stereocenters. The summed E-state index contributed by atoms with van der Waals surface area (Å²) in [5.74, 6) is -0.696. The van der Waals surface area contributed by atoms with E-state index in [0.717, 1.165) is 0 Å². The first-order valence-corrected chi connectivity index (χ1v) is 5.66. The average Bonchev–Trinajstić information content (AvgIpc) is 2.27. The number of ether oxygens (including phenoxy) is 1. The van der Waals surface area contributed by atoms with Crippen LogP contribution < -0.4 is 0 Å². The minimum atomic E-state index is -0.483. The normalized spacial score (nSPS) is 9.67. The molecule has 1 aromatic rings. The first-order chi connectivity index (χ1) is 7.24. The van der Waals surface area contributed by atoms with Gasteiger partial charge in [0.1, 0.15) is 13.0 Å². The molecular formula is C11H11BrO3. The Bertz CT molecular complexity index is 335. The van der Waals surface area contributed by atoms with E-state index < -0.39 is 5.97 Å². The fraction of sp³-hybridized carbons (Fsp3) is 0.273. The molecule has 0 N–H and O–H groups in total. The molecule has 0 aliphatic carbocycles. The van der Waals surface area contributed by atoms with Crippen LogP contribution in [0.4, 0.5) is 0 Å². The van der Waals surface area contributed by atoms with Crippen molar-refractivity contribution in [3.05, 3.63) is 35.9 Å². The molecule has 3 nitrogen and oxygen atoms in total. The van der Waals surface area contributed by atoms with Crippen molar-refractivity contribution in [2.24, 2.45) is 0 Å². The summed E-state index contributed by atoms with van der Waals surface area (Å²) in [6.45, 7) is 0.293. The number of ketones is 1. The van der Waals surface area contributed by atoms with Crippen molar-refractivity contribution in [3.8, 4) is 0 Å². The molecule has 0 spiro atoms. The smallest absolute Gasteiger partial charge is 0.313 e. The number of rotatable bonds is 5. The molecule has 0 aromatic heterocycles. The van der Waals surface area contributed by atoms with Crippen LogP contribution in [0.3, 0.4) is 0 Å². The summed E-state index contributed by atoms with van der Waals surface area (Å²) in [6.07, 6.45) is -0.197. The lowest BCUT2D eigenvalue weighted by atomic mass is 10.1. The van der Waals surface area contributed by atoms with Crippen LogP contribution in [0.1, 0.15) is 16.8 Å². The van der Waals surface area contributed by atoms with Crippen molar-refractivity contribution in [2.75, 3.05) is 11.9 Å². The van der Waals surface area contributed by atoms with E-state index in [-0.39, 0.29) is 12.2 Å². The third-order valence-corrected chi connectivity index (χ3v) is 2.06. The molecule has 0 aliphatic rings. The zero-order valence-electron chi connectivity index (χ0n) is 8.11. The van der Waals surface area contributed by atoms with E-state index in [1.807, 2.05) is 6.07 Å². The van der Waals surface area contributed by atoms with Gasteiger partial charge in [-0.1, -0.05) is 46.3 Å². The van der Waals surface area contributed by atoms with Gasteiger partial charge in [-0.3, -0.25) is 9.59 Å². The number of hydrogen-bond donors (Lipinski definition) is 0. The van der Waals surface area contributed by atoms with Gasteiger partial charge in [0.05, 0.1) is 0 Å². The van der Waals surface area contributed by atoms with Gasteiger partial charge in [0.2, 0.25) is 0 Å². The van der Waals surface area contributed by atoms with Gasteiger partial charge in [-0.2, -0.15) is 0 Å². The highest BCUT2D eigenvalue weighted by Gasteiger charge is 2.11. The van der Waals surface area contributed by atoms with E-state index in [9.17, 15) is 9.59 Å². The van der Waals surface area contributed by atoms with Crippen molar-refractivity contribution < 1.29 is 14.3 Å². The molecular weight excluding hydrogens is 260 g/mol. The van der Waals surface area contributed by atoms with Gasteiger partial charge in [-0.05, 0) is 0 Å². The summed E-state index contributed by atoms with van der Waals surface area (Å²) in [5.41, 5.74) is 0.535. The summed E-state index contributed by atoms with van der Waals surface area (Å²) in [5, 5.41) is 0.582. The second kappa shape index (κ2) is 6.35. The van der Waals surface area contributed by atoms with Gasteiger partial charge >= 0.3 is 5.97 Å². The number of benzene rings is 1. The molecule has 0 saturated carbocycles. The largest absolute Gasteiger partial charge is 0.464 e. The fourth-order valence-corrected chi connectivity index (χ4v) is 1.22. The number of esters is 1. The molecule has 0 aliphatic heterocycles. The van der Waals surface area contributed by atoms with Crippen molar-refractivity contribution >= 4 is 27.7 Å². The van der Waals surface area contributed by atoms with Crippen molar-refractivity contribution in [3.63, 3.8) is 0 Å². The van der Waals surface area contributed by atoms with Crippen LogP contribution in [0.5, 0.6) is 0 Å². The highest BCUT2D eigenvalue weighted by molar-refractivity contribution is 9.09. The average molecular weight is 271 g/mol. The quantitative estimate of drug-likeness (QED) is 0.357. The van der Waals surface area contributed by atoms with E-state index in [2.05, 4.69) is 15.9 Å². The van der Waals surface area contributed by atoms with Gasteiger partial charge in [0.25, 0.3) is 0 Å². The Kier molecular flexibility index (Phi) is 5.04. The molecule has 0 saturated heterocycles. The van der Waals surface area contributed by atoms with Gasteiger partial charge in [-0.25, -0.2) is 0 Å². The molecule has 0 heterocycles. The minimum absolute atomic E-state index is 0.197. The summed E-state index contributed by atoms with van der Waals surface area (Å²) < 4.78 is 4.78. The molecule has 1 rings (SSSR count). The number of hydrogen-bond acceptors (Lipinski definition) is 3. The molecule has 80 valence electrons. The summed E-state index contributed by atoms with van der Waals surface area (Å²) in [4.78, 5) is 22.6. The van der Waals surface area contributed by atoms with Crippen LogP contribution in [-0.2, 0) is 9.53 Å². The second-order valence-electron chi connectivity index (χ2n) is 2.88. The van der Waals surface area contributed by atoms with Crippen LogP contribution >= 0.6 is 15.9 Å². The standard InChI is InChI=1S/C11H11BrO3/c12-6-7-15-11(14)8-10(13)9-4-2-1-3-5-9/h1-5H,6-8H2. The SMILES string of the molecule is O=C(CC(=O)c1ccccc1)OCCBr. The number of Topliss-reactive ketones (excluding diaryl/α,β-unsaturated/α-hetero) is 1. The Labute approximate surface area is 96.6 Å². The van der Waals surface area contributed by atoms with Gasteiger partial charge in [0.15, 0.2) is 5.78 Å². The molecule has 15 heavy (non-hydrogen) atoms. The Morgan fingerprint density at radius 3 is 2.47 bits per heavy atom. The van der Waals surface area contributed by atoms with E-state index in [0.29, 0.717) is 17.5 Å². The van der Waals surface area contributed by atoms with Gasteiger partial charge < -0.3 is 4.74 Å². The number of carbonyl (C=O) groups is 2. The minimum Gasteiger partial charge on any atom is -0.464 e. The number of alkyl halides is 1. The molecule has 0 bridgehead atoms. The van der Waals surface area contributed by atoms with Gasteiger partial charge in [-0.15, -0.1) is 0 Å². The number of carbonyl (C=O) groups excluding carboxylic acids is 2. The molecule has 4 heteroatoms.